The zero-order chi connectivity index (χ0) is 10.9. The maximum absolute atomic E-state index is 9.75. The van der Waals surface area contributed by atoms with Crippen LogP contribution >= 0.6 is 15.9 Å². The average molecular weight is 259 g/mol. The summed E-state index contributed by atoms with van der Waals surface area (Å²) in [6, 6.07) is 3.45. The van der Waals surface area contributed by atoms with Crippen LogP contribution < -0.4 is 0 Å². The van der Waals surface area contributed by atoms with Crippen molar-refractivity contribution >= 4 is 15.9 Å². The van der Waals surface area contributed by atoms with Crippen LogP contribution in [0.1, 0.15) is 25.0 Å². The molecular formula is C11H15BrO2. The first kappa shape index (κ1) is 11.5. The van der Waals surface area contributed by atoms with E-state index in [1.165, 1.54) is 0 Å². The van der Waals surface area contributed by atoms with Gasteiger partial charge in [0.05, 0.1) is 6.61 Å². The van der Waals surface area contributed by atoms with Crippen LogP contribution in [0.3, 0.4) is 0 Å². The Morgan fingerprint density at radius 2 is 1.93 bits per heavy atom. The highest BCUT2D eigenvalue weighted by Crippen LogP contribution is 2.36. The van der Waals surface area contributed by atoms with E-state index in [4.69, 9.17) is 0 Å². The molecule has 2 N–H and O–H groups in total. The minimum absolute atomic E-state index is 0.0118. The van der Waals surface area contributed by atoms with Gasteiger partial charge in [0.25, 0.3) is 0 Å². The lowest BCUT2D eigenvalue weighted by atomic mass is 9.82. The van der Waals surface area contributed by atoms with E-state index in [-0.39, 0.29) is 12.4 Å². The smallest absolute Gasteiger partial charge is 0.119 e. The lowest BCUT2D eigenvalue weighted by molar-refractivity contribution is 0.214. The van der Waals surface area contributed by atoms with Crippen LogP contribution in [0.4, 0.5) is 0 Å². The Morgan fingerprint density at radius 1 is 1.36 bits per heavy atom. The number of phenols is 1. The average Bonchev–Trinajstić information content (AvgIpc) is 2.12. The third-order valence-corrected chi connectivity index (χ3v) is 3.31. The fourth-order valence-corrected chi connectivity index (χ4v) is 1.94. The molecule has 0 aliphatic rings. The predicted octanol–water partition coefficient (Wildman–Crippen LogP) is 2.73. The third-order valence-electron chi connectivity index (χ3n) is 2.45. The molecule has 0 aliphatic carbocycles. The summed E-state index contributed by atoms with van der Waals surface area (Å²) in [6.07, 6.45) is 0. The number of rotatable bonds is 2. The van der Waals surface area contributed by atoms with Gasteiger partial charge in [-0.3, -0.25) is 0 Å². The molecule has 0 aliphatic heterocycles. The second kappa shape index (κ2) is 3.91. The number of aliphatic hydroxyl groups excluding tert-OH is 1. The number of phenolic OH excluding ortho intramolecular Hbond substituents is 1. The monoisotopic (exact) mass is 258 g/mol. The predicted molar refractivity (Wildman–Crippen MR) is 60.7 cm³/mol. The summed E-state index contributed by atoms with van der Waals surface area (Å²) >= 11 is 3.41. The molecule has 0 saturated carbocycles. The maximum atomic E-state index is 9.75. The topological polar surface area (TPSA) is 40.5 Å². The molecular weight excluding hydrogens is 244 g/mol. The highest BCUT2D eigenvalue weighted by Gasteiger charge is 2.25. The van der Waals surface area contributed by atoms with E-state index in [9.17, 15) is 10.2 Å². The molecule has 0 saturated heterocycles. The van der Waals surface area contributed by atoms with Crippen LogP contribution in [0.25, 0.3) is 0 Å². The van der Waals surface area contributed by atoms with Crippen molar-refractivity contribution in [2.24, 2.45) is 0 Å². The second-order valence-corrected chi connectivity index (χ2v) is 4.96. The summed E-state index contributed by atoms with van der Waals surface area (Å²) in [5.74, 6) is 0.241. The Bertz CT molecular complexity index is 345. The molecule has 0 heterocycles. The minimum Gasteiger partial charge on any atom is -0.508 e. The van der Waals surface area contributed by atoms with Crippen LogP contribution in [0.2, 0.25) is 0 Å². The summed E-state index contributed by atoms with van der Waals surface area (Å²) in [7, 11) is 0. The lowest BCUT2D eigenvalue weighted by Gasteiger charge is -2.26. The van der Waals surface area contributed by atoms with Crippen molar-refractivity contribution in [1.82, 2.24) is 0 Å². The number of hydrogen-bond acceptors (Lipinski definition) is 2. The van der Waals surface area contributed by atoms with E-state index in [1.54, 1.807) is 6.07 Å². The van der Waals surface area contributed by atoms with Crippen LogP contribution in [0.5, 0.6) is 5.75 Å². The zero-order valence-electron chi connectivity index (χ0n) is 8.63. The number of aliphatic hydroxyl groups is 1. The lowest BCUT2D eigenvalue weighted by Crippen LogP contribution is -2.23. The van der Waals surface area contributed by atoms with Gasteiger partial charge >= 0.3 is 0 Å². The molecule has 0 aromatic heterocycles. The highest BCUT2D eigenvalue weighted by molar-refractivity contribution is 9.10. The van der Waals surface area contributed by atoms with Crippen molar-refractivity contribution < 1.29 is 10.2 Å². The van der Waals surface area contributed by atoms with E-state index >= 15 is 0 Å². The number of aromatic hydroxyl groups is 1. The minimum atomic E-state index is -0.419. The van der Waals surface area contributed by atoms with Crippen molar-refractivity contribution in [3.05, 3.63) is 27.7 Å². The van der Waals surface area contributed by atoms with Crippen LogP contribution in [0, 0.1) is 6.92 Å². The molecule has 0 radical (unpaired) electrons. The van der Waals surface area contributed by atoms with Crippen molar-refractivity contribution in [1.29, 1.82) is 0 Å². The zero-order valence-corrected chi connectivity index (χ0v) is 10.2. The molecule has 0 spiro atoms. The Labute approximate surface area is 92.7 Å². The van der Waals surface area contributed by atoms with Gasteiger partial charge in [0, 0.05) is 15.5 Å². The van der Waals surface area contributed by atoms with Gasteiger partial charge in [-0.1, -0.05) is 29.8 Å². The quantitative estimate of drug-likeness (QED) is 0.857. The van der Waals surface area contributed by atoms with Crippen molar-refractivity contribution in [2.75, 3.05) is 6.61 Å². The van der Waals surface area contributed by atoms with Gasteiger partial charge in [-0.25, -0.2) is 0 Å². The molecule has 0 bridgehead atoms. The Balaban J connectivity index is 3.40. The van der Waals surface area contributed by atoms with E-state index in [2.05, 4.69) is 15.9 Å². The molecule has 0 fully saturated rings. The molecule has 1 rings (SSSR count). The summed E-state index contributed by atoms with van der Waals surface area (Å²) < 4.78 is 0.951. The summed E-state index contributed by atoms with van der Waals surface area (Å²) in [5.41, 5.74) is 1.36. The van der Waals surface area contributed by atoms with E-state index < -0.39 is 5.41 Å². The van der Waals surface area contributed by atoms with E-state index in [0.29, 0.717) is 0 Å². The highest BCUT2D eigenvalue weighted by atomic mass is 79.9. The van der Waals surface area contributed by atoms with Crippen LogP contribution in [-0.2, 0) is 5.41 Å². The number of hydrogen-bond donors (Lipinski definition) is 2. The fraction of sp³-hybridized carbons (Fsp3) is 0.455. The summed E-state index contributed by atoms with van der Waals surface area (Å²) in [6.45, 7) is 5.75. The Hall–Kier alpha value is -0.540. The normalized spacial score (nSPS) is 11.8. The summed E-state index contributed by atoms with van der Waals surface area (Å²) in [4.78, 5) is 0. The Kier molecular flexibility index (Phi) is 3.22. The molecule has 0 unspecified atom stereocenters. The molecule has 14 heavy (non-hydrogen) atoms. The van der Waals surface area contributed by atoms with Gasteiger partial charge in [-0.2, -0.15) is 0 Å². The maximum Gasteiger partial charge on any atom is 0.119 e. The first-order valence-corrected chi connectivity index (χ1v) is 5.29. The van der Waals surface area contributed by atoms with Gasteiger partial charge < -0.3 is 10.2 Å². The van der Waals surface area contributed by atoms with Crippen molar-refractivity contribution in [3.8, 4) is 5.75 Å². The SMILES string of the molecule is Cc1c(Br)ccc(O)c1C(C)(C)CO. The van der Waals surface area contributed by atoms with Crippen molar-refractivity contribution in [2.45, 2.75) is 26.2 Å². The first-order valence-electron chi connectivity index (χ1n) is 4.49. The van der Waals surface area contributed by atoms with E-state index in [0.717, 1.165) is 15.6 Å². The summed E-state index contributed by atoms with van der Waals surface area (Å²) in [5, 5.41) is 19.0. The number of halogens is 1. The molecule has 3 heteroatoms. The molecule has 0 atom stereocenters. The fourth-order valence-electron chi connectivity index (χ4n) is 1.61. The van der Waals surface area contributed by atoms with Crippen molar-refractivity contribution in [3.63, 3.8) is 0 Å². The van der Waals surface area contributed by atoms with Gasteiger partial charge in [-0.05, 0) is 24.6 Å². The Morgan fingerprint density at radius 3 is 2.43 bits per heavy atom. The first-order chi connectivity index (χ1) is 6.40. The third kappa shape index (κ3) is 1.93. The van der Waals surface area contributed by atoms with Gasteiger partial charge in [0.15, 0.2) is 0 Å². The largest absolute Gasteiger partial charge is 0.508 e. The number of benzene rings is 1. The molecule has 1 aromatic carbocycles. The standard InChI is InChI=1S/C11H15BrO2/c1-7-8(12)4-5-9(14)10(7)11(2,3)6-13/h4-5,13-14H,6H2,1-3H3. The molecule has 78 valence electrons. The molecule has 0 amide bonds. The van der Waals surface area contributed by atoms with E-state index in [1.807, 2.05) is 26.8 Å². The molecule has 2 nitrogen and oxygen atoms in total. The van der Waals surface area contributed by atoms with Gasteiger partial charge in [-0.15, -0.1) is 0 Å². The second-order valence-electron chi connectivity index (χ2n) is 4.11. The van der Waals surface area contributed by atoms with Crippen LogP contribution in [0.15, 0.2) is 16.6 Å². The molecule has 1 aromatic rings. The van der Waals surface area contributed by atoms with Gasteiger partial charge in [0.1, 0.15) is 5.75 Å². The van der Waals surface area contributed by atoms with Crippen LogP contribution in [-0.4, -0.2) is 16.8 Å². The van der Waals surface area contributed by atoms with Gasteiger partial charge in [0.2, 0.25) is 0 Å².